The summed E-state index contributed by atoms with van der Waals surface area (Å²) in [5, 5.41) is 2.91. The summed E-state index contributed by atoms with van der Waals surface area (Å²) in [7, 11) is 1.50. The van der Waals surface area contributed by atoms with E-state index in [1.54, 1.807) is 6.08 Å². The normalized spacial score (nSPS) is 20.5. The van der Waals surface area contributed by atoms with Crippen molar-refractivity contribution in [1.82, 2.24) is 9.98 Å². The number of benzene rings is 1. The first kappa shape index (κ1) is 14.4. The van der Waals surface area contributed by atoms with Gasteiger partial charge in [0, 0.05) is 13.2 Å². The van der Waals surface area contributed by atoms with Gasteiger partial charge in [-0.2, -0.15) is 4.67 Å². The van der Waals surface area contributed by atoms with Crippen molar-refractivity contribution in [2.75, 3.05) is 12.8 Å². The number of nitrogens with two attached hydrogens (primary N) is 1. The fourth-order valence-electron chi connectivity index (χ4n) is 2.46. The Morgan fingerprint density at radius 2 is 2.17 bits per heavy atom. The Morgan fingerprint density at radius 3 is 2.88 bits per heavy atom. The van der Waals surface area contributed by atoms with Crippen molar-refractivity contribution in [2.24, 2.45) is 9.98 Å². The van der Waals surface area contributed by atoms with Gasteiger partial charge in [0.2, 0.25) is 17.8 Å². The number of aliphatic imine (C=N–C) groups is 2. The Morgan fingerprint density at radius 1 is 1.42 bits per heavy atom. The number of halogens is 2. The number of Topliss-reactive ketones (excluding diaryl/α,β-unsaturated/α-hetero) is 1. The highest BCUT2D eigenvalue weighted by Gasteiger charge is 2.47. The number of rotatable bonds is 4. The second-order valence-electron chi connectivity index (χ2n) is 5.20. The van der Waals surface area contributed by atoms with Gasteiger partial charge in [0.1, 0.15) is 17.0 Å². The molecule has 3 aliphatic heterocycles. The van der Waals surface area contributed by atoms with Gasteiger partial charge in [-0.1, -0.05) is 0 Å². The molecule has 0 amide bonds. The summed E-state index contributed by atoms with van der Waals surface area (Å²) >= 11 is 0. The highest BCUT2D eigenvalue weighted by atomic mass is 19.1. The summed E-state index contributed by atoms with van der Waals surface area (Å²) < 4.78 is 36.9. The smallest absolute Gasteiger partial charge is 0.396 e. The van der Waals surface area contributed by atoms with Crippen LogP contribution in [0.1, 0.15) is 10.4 Å². The fourth-order valence-corrected chi connectivity index (χ4v) is 2.46. The van der Waals surface area contributed by atoms with Crippen LogP contribution in [-0.2, 0) is 4.74 Å². The molecule has 0 spiro atoms. The molecule has 3 heterocycles. The molecule has 7 nitrogen and oxygen atoms in total. The standard InChI is InChI=1S/C15H10F2N5O2/c1-24-15-21-14(22-15)8-4-5-11(20-13(5)19-8)12(23)9-6(16)2-3-7(18)10(9)17/h2-4,15H,18H2,1H3,(H,21,22)/q+1. The molecule has 24 heavy (non-hydrogen) atoms. The molecule has 0 aromatic heterocycles. The molecule has 0 fully saturated rings. The summed E-state index contributed by atoms with van der Waals surface area (Å²) in [6.07, 6.45) is 1.15. The zero-order chi connectivity index (χ0) is 17.0. The number of hydrogen-bond acceptors (Lipinski definition) is 6. The van der Waals surface area contributed by atoms with Gasteiger partial charge in [-0.05, 0) is 17.1 Å². The Hall–Kier alpha value is -3.16. The minimum atomic E-state index is -1.09. The van der Waals surface area contributed by atoms with Crippen LogP contribution in [0.15, 0.2) is 33.8 Å². The van der Waals surface area contributed by atoms with Crippen LogP contribution in [-0.4, -0.2) is 42.3 Å². The van der Waals surface area contributed by atoms with Crippen molar-refractivity contribution < 1.29 is 18.3 Å². The third kappa shape index (κ3) is 1.92. The van der Waals surface area contributed by atoms with Crippen molar-refractivity contribution in [3.63, 3.8) is 0 Å². The summed E-state index contributed by atoms with van der Waals surface area (Å²) in [6.45, 7) is 0. The minimum Gasteiger partial charge on any atom is -0.396 e. The fraction of sp³-hybridized carbons (Fsp3) is 0.133. The topological polar surface area (TPSA) is 103 Å². The Bertz CT molecular complexity index is 970. The number of fused-ring (bicyclic) bond motifs is 1. The molecule has 0 saturated heterocycles. The maximum atomic E-state index is 14.0. The van der Waals surface area contributed by atoms with Crippen molar-refractivity contribution in [3.8, 4) is 0 Å². The average Bonchev–Trinajstić information content (AvgIpc) is 2.80. The van der Waals surface area contributed by atoms with Crippen molar-refractivity contribution in [2.45, 2.75) is 6.35 Å². The lowest BCUT2D eigenvalue weighted by molar-refractivity contribution is 0.0833. The molecule has 0 aliphatic carbocycles. The number of amidine groups is 2. The van der Waals surface area contributed by atoms with Crippen molar-refractivity contribution in [1.29, 1.82) is 0 Å². The van der Waals surface area contributed by atoms with E-state index in [4.69, 9.17) is 10.5 Å². The van der Waals surface area contributed by atoms with Gasteiger partial charge in [-0.15, -0.1) is 0 Å². The number of nitrogens with zero attached hydrogens (tertiary/aromatic N) is 3. The van der Waals surface area contributed by atoms with E-state index in [1.807, 2.05) is 0 Å². The Balaban J connectivity index is 1.63. The zero-order valence-corrected chi connectivity index (χ0v) is 12.3. The molecule has 0 radical (unpaired) electrons. The van der Waals surface area contributed by atoms with Crippen molar-refractivity contribution >= 4 is 34.6 Å². The summed E-state index contributed by atoms with van der Waals surface area (Å²) in [5.74, 6) is -2.13. The largest absolute Gasteiger partial charge is 0.428 e. The van der Waals surface area contributed by atoms with E-state index in [1.165, 1.54) is 7.11 Å². The molecule has 120 valence electrons. The first-order chi connectivity index (χ1) is 11.5. The number of ether oxygens (including phenoxy) is 1. The number of anilines is 1. The lowest BCUT2D eigenvalue weighted by Crippen LogP contribution is -2.49. The Labute approximate surface area is 134 Å². The molecule has 3 aliphatic rings. The molecular formula is C15H10F2N5O2+. The predicted molar refractivity (Wildman–Crippen MR) is 84.1 cm³/mol. The van der Waals surface area contributed by atoms with Gasteiger partial charge in [-0.25, -0.2) is 13.8 Å². The van der Waals surface area contributed by atoms with Gasteiger partial charge in [0.15, 0.2) is 11.7 Å². The van der Waals surface area contributed by atoms with Crippen LogP contribution in [0, 0.1) is 11.6 Å². The number of carbonyl (C=O) groups is 1. The van der Waals surface area contributed by atoms with Gasteiger partial charge >= 0.3 is 5.84 Å². The van der Waals surface area contributed by atoms with Crippen LogP contribution in [0.2, 0.25) is 0 Å². The van der Waals surface area contributed by atoms with Crippen LogP contribution in [0.5, 0.6) is 0 Å². The first-order valence-electron chi connectivity index (χ1n) is 6.92. The molecule has 4 rings (SSSR count). The van der Waals surface area contributed by atoms with E-state index < -0.39 is 29.3 Å². The maximum absolute atomic E-state index is 14.0. The average molecular weight is 330 g/mol. The number of nitrogens with one attached hydrogen (secondary N) is 1. The summed E-state index contributed by atoms with van der Waals surface area (Å²) in [6, 6.07) is 2.00. The number of methoxy groups -OCH3 is 1. The first-order valence-corrected chi connectivity index (χ1v) is 6.92. The molecule has 1 aromatic carbocycles. The highest BCUT2D eigenvalue weighted by molar-refractivity contribution is 6.66. The van der Waals surface area contributed by atoms with Gasteiger partial charge < -0.3 is 15.8 Å². The number of hydrogen-bond donors (Lipinski definition) is 2. The van der Waals surface area contributed by atoms with E-state index in [-0.39, 0.29) is 11.4 Å². The maximum Gasteiger partial charge on any atom is 0.428 e. The molecule has 9 heteroatoms. The van der Waals surface area contributed by atoms with Crippen LogP contribution in [0.3, 0.4) is 0 Å². The molecule has 1 atom stereocenters. The third-order valence-corrected chi connectivity index (χ3v) is 3.76. The molecule has 1 unspecified atom stereocenters. The summed E-state index contributed by atoms with van der Waals surface area (Å²) in [5.41, 5.74) is 5.21. The van der Waals surface area contributed by atoms with E-state index in [0.717, 1.165) is 12.1 Å². The van der Waals surface area contributed by atoms with Gasteiger partial charge in [0.05, 0.1) is 5.69 Å². The number of nitrogen functional groups attached to an aromatic ring is 1. The predicted octanol–water partition coefficient (Wildman–Crippen LogP) is -0.0373. The monoisotopic (exact) mass is 330 g/mol. The third-order valence-electron chi connectivity index (χ3n) is 3.76. The van der Waals surface area contributed by atoms with Crippen LogP contribution >= 0.6 is 0 Å². The van der Waals surface area contributed by atoms with Crippen LogP contribution in [0.4, 0.5) is 14.5 Å². The van der Waals surface area contributed by atoms with E-state index in [2.05, 4.69) is 20.0 Å². The molecule has 3 N–H and O–H groups in total. The Kier molecular flexibility index (Phi) is 2.96. The lowest BCUT2D eigenvalue weighted by atomic mass is 9.94. The number of carbonyl (C=O) groups excluding carboxylic acids is 1. The number of ketones is 1. The van der Waals surface area contributed by atoms with Crippen LogP contribution in [0.25, 0.3) is 0 Å². The zero-order valence-electron chi connectivity index (χ0n) is 12.3. The molecule has 0 bridgehead atoms. The molecular weight excluding hydrogens is 320 g/mol. The second-order valence-corrected chi connectivity index (χ2v) is 5.20. The second kappa shape index (κ2) is 4.92. The highest BCUT2D eigenvalue weighted by Crippen LogP contribution is 2.25. The lowest BCUT2D eigenvalue weighted by Gasteiger charge is -2.22. The molecule has 0 saturated carbocycles. The van der Waals surface area contributed by atoms with Gasteiger partial charge in [0.25, 0.3) is 5.71 Å². The van der Waals surface area contributed by atoms with Gasteiger partial charge in [-0.3, -0.25) is 4.79 Å². The van der Waals surface area contributed by atoms with E-state index in [0.29, 0.717) is 23.0 Å². The van der Waals surface area contributed by atoms with E-state index >= 15 is 0 Å². The molecule has 1 aromatic rings. The summed E-state index contributed by atoms with van der Waals surface area (Å²) in [4.78, 5) is 20.4. The van der Waals surface area contributed by atoms with Crippen molar-refractivity contribution in [3.05, 3.63) is 41.0 Å². The minimum absolute atomic E-state index is 0.0598. The quantitative estimate of drug-likeness (QED) is 0.459. The SMILES string of the molecule is COC1N=C(C2=[N+]=C3N=C(C(=O)c4c(F)ccc(N)c4F)C3=C2)N1. The van der Waals surface area contributed by atoms with Crippen LogP contribution < -0.4 is 15.7 Å². The van der Waals surface area contributed by atoms with E-state index in [9.17, 15) is 13.6 Å².